The van der Waals surface area contributed by atoms with E-state index >= 15 is 0 Å². The van der Waals surface area contributed by atoms with E-state index in [1.165, 1.54) is 0 Å². The van der Waals surface area contributed by atoms with Crippen molar-refractivity contribution in [1.82, 2.24) is 9.97 Å². The van der Waals surface area contributed by atoms with Crippen molar-refractivity contribution in [3.05, 3.63) is 36.2 Å². The predicted molar refractivity (Wildman–Crippen MR) is 80.2 cm³/mol. The van der Waals surface area contributed by atoms with E-state index in [4.69, 9.17) is 14.2 Å². The van der Waals surface area contributed by atoms with Crippen LogP contribution in [0, 0.1) is 0 Å². The molecule has 0 fully saturated rings. The van der Waals surface area contributed by atoms with Crippen LogP contribution in [-0.4, -0.2) is 31.3 Å². The first-order valence-corrected chi connectivity index (χ1v) is 6.53. The van der Waals surface area contributed by atoms with Crippen molar-refractivity contribution in [1.29, 1.82) is 0 Å². The molecule has 0 radical (unpaired) electrons. The Balaban J connectivity index is 2.30. The molecule has 2 rings (SSSR count). The number of anilines is 1. The molecule has 1 aromatic heterocycles. The van der Waals surface area contributed by atoms with Gasteiger partial charge in [0.25, 0.3) is 0 Å². The fourth-order valence-corrected chi connectivity index (χ4v) is 2.00. The highest BCUT2D eigenvalue weighted by Crippen LogP contribution is 2.39. The topological polar surface area (TPSA) is 65.5 Å². The monoisotopic (exact) mass is 289 g/mol. The molecule has 0 aliphatic carbocycles. The van der Waals surface area contributed by atoms with Crippen molar-refractivity contribution in [2.24, 2.45) is 0 Å². The third-order valence-electron chi connectivity index (χ3n) is 3.10. The van der Waals surface area contributed by atoms with Crippen LogP contribution in [0.25, 0.3) is 0 Å². The van der Waals surface area contributed by atoms with Crippen LogP contribution < -0.4 is 19.5 Å². The highest BCUT2D eigenvalue weighted by atomic mass is 16.5. The van der Waals surface area contributed by atoms with Crippen LogP contribution >= 0.6 is 0 Å². The van der Waals surface area contributed by atoms with E-state index in [1.807, 2.05) is 19.1 Å². The maximum Gasteiger partial charge on any atom is 0.223 e. The van der Waals surface area contributed by atoms with Gasteiger partial charge in [-0.25, -0.2) is 9.97 Å². The number of methoxy groups -OCH3 is 3. The lowest BCUT2D eigenvalue weighted by Crippen LogP contribution is -2.10. The Bertz CT molecular complexity index is 565. The molecule has 0 aliphatic rings. The van der Waals surface area contributed by atoms with Gasteiger partial charge in [-0.3, -0.25) is 0 Å². The van der Waals surface area contributed by atoms with Gasteiger partial charge in [-0.2, -0.15) is 0 Å². The van der Waals surface area contributed by atoms with Gasteiger partial charge in [0.05, 0.1) is 27.4 Å². The van der Waals surface area contributed by atoms with Crippen LogP contribution in [0.1, 0.15) is 18.5 Å². The second-order valence-electron chi connectivity index (χ2n) is 4.40. The Morgan fingerprint density at radius 2 is 1.52 bits per heavy atom. The molecule has 0 saturated heterocycles. The Labute approximate surface area is 124 Å². The second kappa shape index (κ2) is 6.78. The van der Waals surface area contributed by atoms with Crippen molar-refractivity contribution in [2.75, 3.05) is 26.6 Å². The number of nitrogens with zero attached hydrogens (tertiary/aromatic N) is 2. The number of nitrogens with one attached hydrogen (secondary N) is 1. The summed E-state index contributed by atoms with van der Waals surface area (Å²) in [5.41, 5.74) is 0.983. The van der Waals surface area contributed by atoms with Crippen molar-refractivity contribution >= 4 is 5.95 Å². The van der Waals surface area contributed by atoms with Crippen molar-refractivity contribution in [3.8, 4) is 17.2 Å². The number of rotatable bonds is 6. The largest absolute Gasteiger partial charge is 0.493 e. The minimum atomic E-state index is -0.0129. The smallest absolute Gasteiger partial charge is 0.223 e. The van der Waals surface area contributed by atoms with Gasteiger partial charge in [0.2, 0.25) is 11.7 Å². The maximum atomic E-state index is 5.36. The average molecular weight is 289 g/mol. The number of hydrogen-bond acceptors (Lipinski definition) is 6. The van der Waals surface area contributed by atoms with Gasteiger partial charge in [-0.05, 0) is 30.7 Å². The lowest BCUT2D eigenvalue weighted by Gasteiger charge is -2.18. The fraction of sp³-hybridized carbons (Fsp3) is 0.333. The molecule has 1 heterocycles. The highest BCUT2D eigenvalue weighted by molar-refractivity contribution is 5.55. The number of hydrogen-bond donors (Lipinski definition) is 1. The molecule has 6 nitrogen and oxygen atoms in total. The molecule has 6 heteroatoms. The summed E-state index contributed by atoms with van der Waals surface area (Å²) in [4.78, 5) is 8.31. The first-order chi connectivity index (χ1) is 10.2. The fourth-order valence-electron chi connectivity index (χ4n) is 2.00. The summed E-state index contributed by atoms with van der Waals surface area (Å²) >= 11 is 0. The van der Waals surface area contributed by atoms with E-state index in [0.717, 1.165) is 5.56 Å². The molecule has 0 amide bonds. The molecule has 21 heavy (non-hydrogen) atoms. The van der Waals surface area contributed by atoms with Crippen molar-refractivity contribution in [2.45, 2.75) is 13.0 Å². The SMILES string of the molecule is COc1cc([C@@H](C)Nc2ncccn2)cc(OC)c1OC. The van der Waals surface area contributed by atoms with Gasteiger partial charge in [0, 0.05) is 12.4 Å². The van der Waals surface area contributed by atoms with Crippen molar-refractivity contribution in [3.63, 3.8) is 0 Å². The Morgan fingerprint density at radius 3 is 2.00 bits per heavy atom. The summed E-state index contributed by atoms with van der Waals surface area (Å²) < 4.78 is 16.0. The summed E-state index contributed by atoms with van der Waals surface area (Å²) in [6.07, 6.45) is 3.38. The lowest BCUT2D eigenvalue weighted by molar-refractivity contribution is 0.323. The molecule has 0 spiro atoms. The molecule has 1 N–H and O–H groups in total. The van der Waals surface area contributed by atoms with Crippen molar-refractivity contribution < 1.29 is 14.2 Å². The second-order valence-corrected chi connectivity index (χ2v) is 4.40. The van der Waals surface area contributed by atoms with E-state index in [0.29, 0.717) is 23.2 Å². The summed E-state index contributed by atoms with van der Waals surface area (Å²) in [5.74, 6) is 2.38. The number of ether oxygens (including phenoxy) is 3. The van der Waals surface area contributed by atoms with Gasteiger partial charge in [-0.1, -0.05) is 0 Å². The normalized spacial score (nSPS) is 11.6. The molecule has 1 atom stereocenters. The van der Waals surface area contributed by atoms with E-state index in [1.54, 1.807) is 39.8 Å². The molecule has 0 aliphatic heterocycles. The van der Waals surface area contributed by atoms with E-state index < -0.39 is 0 Å². The Morgan fingerprint density at radius 1 is 0.952 bits per heavy atom. The minimum absolute atomic E-state index is 0.0129. The third-order valence-corrected chi connectivity index (χ3v) is 3.10. The van der Waals surface area contributed by atoms with E-state index in [-0.39, 0.29) is 6.04 Å². The van der Waals surface area contributed by atoms with Crippen LogP contribution in [0.4, 0.5) is 5.95 Å². The third kappa shape index (κ3) is 3.34. The Kier molecular flexibility index (Phi) is 4.81. The quantitative estimate of drug-likeness (QED) is 0.882. The predicted octanol–water partition coefficient (Wildman–Crippen LogP) is 2.68. The summed E-state index contributed by atoms with van der Waals surface area (Å²) in [6.45, 7) is 2.01. The molecule has 0 bridgehead atoms. The zero-order valence-electron chi connectivity index (χ0n) is 12.6. The van der Waals surface area contributed by atoms with E-state index in [2.05, 4.69) is 15.3 Å². The zero-order chi connectivity index (χ0) is 15.2. The minimum Gasteiger partial charge on any atom is -0.493 e. The van der Waals surface area contributed by atoms with Gasteiger partial charge in [-0.15, -0.1) is 0 Å². The molecule has 112 valence electrons. The van der Waals surface area contributed by atoms with Crippen LogP contribution in [0.5, 0.6) is 17.2 Å². The maximum absolute atomic E-state index is 5.36. The molecular formula is C15H19N3O3. The summed E-state index contributed by atoms with van der Waals surface area (Å²) in [6, 6.07) is 5.57. The molecule has 0 saturated carbocycles. The Hall–Kier alpha value is -2.50. The van der Waals surface area contributed by atoms with Crippen LogP contribution in [0.2, 0.25) is 0 Å². The first kappa shape index (κ1) is 14.9. The first-order valence-electron chi connectivity index (χ1n) is 6.53. The summed E-state index contributed by atoms with van der Waals surface area (Å²) in [5, 5.41) is 3.22. The van der Waals surface area contributed by atoms with Gasteiger partial charge in [0.1, 0.15) is 0 Å². The van der Waals surface area contributed by atoms with Crippen LogP contribution in [-0.2, 0) is 0 Å². The molecule has 2 aromatic rings. The van der Waals surface area contributed by atoms with Gasteiger partial charge < -0.3 is 19.5 Å². The molecule has 1 aromatic carbocycles. The summed E-state index contributed by atoms with van der Waals surface area (Å²) in [7, 11) is 4.78. The zero-order valence-corrected chi connectivity index (χ0v) is 12.6. The van der Waals surface area contributed by atoms with Crippen LogP contribution in [0.3, 0.4) is 0 Å². The van der Waals surface area contributed by atoms with E-state index in [9.17, 15) is 0 Å². The lowest BCUT2D eigenvalue weighted by atomic mass is 10.1. The number of benzene rings is 1. The average Bonchev–Trinajstić information content (AvgIpc) is 2.54. The highest BCUT2D eigenvalue weighted by Gasteiger charge is 2.16. The van der Waals surface area contributed by atoms with Crippen LogP contribution in [0.15, 0.2) is 30.6 Å². The number of aromatic nitrogens is 2. The van der Waals surface area contributed by atoms with Gasteiger partial charge >= 0.3 is 0 Å². The van der Waals surface area contributed by atoms with Gasteiger partial charge in [0.15, 0.2) is 11.5 Å². The standard InChI is InChI=1S/C15H19N3O3/c1-10(18-15-16-6-5-7-17-15)11-8-12(19-2)14(21-4)13(9-11)20-3/h5-10H,1-4H3,(H,16,17,18)/t10-/m1/s1. The molecule has 0 unspecified atom stereocenters. The molecular weight excluding hydrogens is 270 g/mol.